The van der Waals surface area contributed by atoms with Crippen LogP contribution in [-0.2, 0) is 19.3 Å². The predicted octanol–water partition coefficient (Wildman–Crippen LogP) is 1.68. The molecule has 0 saturated carbocycles. The lowest BCUT2D eigenvalue weighted by Crippen LogP contribution is -2.41. The van der Waals surface area contributed by atoms with Crippen molar-refractivity contribution < 1.29 is 17.7 Å². The number of benzene rings is 1. The fourth-order valence-corrected chi connectivity index (χ4v) is 5.08. The summed E-state index contributed by atoms with van der Waals surface area (Å²) >= 11 is 1.07. The zero-order valence-electron chi connectivity index (χ0n) is 17.6. The summed E-state index contributed by atoms with van der Waals surface area (Å²) in [5.74, 6) is 0.510. The maximum atomic E-state index is 11.6. The highest BCUT2D eigenvalue weighted by atomic mass is 32.2. The first-order valence-electron chi connectivity index (χ1n) is 9.53. The molecule has 0 aliphatic carbocycles. The molecule has 9 heteroatoms. The van der Waals surface area contributed by atoms with Gasteiger partial charge in [-0.25, -0.2) is 8.42 Å². The van der Waals surface area contributed by atoms with Crippen molar-refractivity contribution in [3.8, 4) is 0 Å². The highest BCUT2D eigenvalue weighted by Crippen LogP contribution is 2.36. The molecule has 0 amide bonds. The molecule has 0 aromatic heterocycles. The first-order valence-corrected chi connectivity index (χ1v) is 12.5. The standard InChI is InChI=1S/C19H31BN2O4S2/c1-18(2)19(3,4)26-20(25-18)15-8-7-9-16(12-15)22-11-10-17(13-22)27-14-21(5)28(6,23)24/h7-9,12,27H,10-11,13-14H2,1-6H3. The number of hydrogen-bond donors (Lipinski definition) is 1. The third-order valence-corrected chi connectivity index (χ3v) is 8.69. The van der Waals surface area contributed by atoms with Crippen LogP contribution in [0.3, 0.4) is 0 Å². The first kappa shape index (κ1) is 21.8. The van der Waals surface area contributed by atoms with Crippen LogP contribution < -0.4 is 10.4 Å². The summed E-state index contributed by atoms with van der Waals surface area (Å²) < 4.78 is 36.9. The van der Waals surface area contributed by atoms with E-state index < -0.39 is 10.0 Å². The number of sulfonamides is 1. The van der Waals surface area contributed by atoms with Gasteiger partial charge in [0, 0.05) is 25.8 Å². The molecule has 2 aliphatic rings. The zero-order chi connectivity index (χ0) is 20.7. The second-order valence-electron chi connectivity index (χ2n) is 8.58. The Bertz CT molecular complexity index is 854. The third kappa shape index (κ3) is 4.65. The molecule has 6 nitrogen and oxygen atoms in total. The second-order valence-corrected chi connectivity index (χ2v) is 11.9. The van der Waals surface area contributed by atoms with Gasteiger partial charge in [-0.2, -0.15) is 15.7 Å². The van der Waals surface area contributed by atoms with Crippen molar-refractivity contribution in [3.63, 3.8) is 0 Å². The van der Waals surface area contributed by atoms with Gasteiger partial charge in [0.05, 0.1) is 23.3 Å². The second kappa shape index (κ2) is 7.76. The van der Waals surface area contributed by atoms with E-state index in [4.69, 9.17) is 9.31 Å². The molecule has 0 atom stereocenters. The lowest BCUT2D eigenvalue weighted by atomic mass is 9.79. The molecule has 0 radical (unpaired) electrons. The Morgan fingerprint density at radius 3 is 2.46 bits per heavy atom. The van der Waals surface area contributed by atoms with Crippen molar-refractivity contribution in [2.24, 2.45) is 0 Å². The van der Waals surface area contributed by atoms with Gasteiger partial charge in [-0.15, -0.1) is 0 Å². The maximum absolute atomic E-state index is 11.6. The molecule has 1 aromatic rings. The predicted molar refractivity (Wildman–Crippen MR) is 120 cm³/mol. The van der Waals surface area contributed by atoms with Crippen molar-refractivity contribution in [1.82, 2.24) is 4.31 Å². The summed E-state index contributed by atoms with van der Waals surface area (Å²) in [7, 11) is -1.86. The van der Waals surface area contributed by atoms with E-state index in [9.17, 15) is 8.42 Å². The van der Waals surface area contributed by atoms with Crippen LogP contribution in [0.5, 0.6) is 0 Å². The third-order valence-electron chi connectivity index (χ3n) is 5.86. The van der Waals surface area contributed by atoms with E-state index in [1.54, 1.807) is 7.05 Å². The molecule has 156 valence electrons. The molecule has 1 aromatic carbocycles. The van der Waals surface area contributed by atoms with E-state index in [2.05, 4.69) is 44.7 Å². The van der Waals surface area contributed by atoms with Gasteiger partial charge in [-0.05, 0) is 56.6 Å². The van der Waals surface area contributed by atoms with Crippen LogP contribution >= 0.6 is 11.4 Å². The van der Waals surface area contributed by atoms with Gasteiger partial charge >= 0.3 is 7.12 Å². The van der Waals surface area contributed by atoms with Gasteiger partial charge in [0.1, 0.15) is 0 Å². The van der Waals surface area contributed by atoms with Crippen molar-refractivity contribution in [1.29, 1.82) is 0 Å². The summed E-state index contributed by atoms with van der Waals surface area (Å²) in [5.41, 5.74) is 1.47. The number of anilines is 1. The summed E-state index contributed by atoms with van der Waals surface area (Å²) in [5, 5.41) is 0. The molecule has 2 aliphatic heterocycles. The number of rotatable bonds is 5. The monoisotopic (exact) mass is 426 g/mol. The largest absolute Gasteiger partial charge is 0.494 e. The molecule has 28 heavy (non-hydrogen) atoms. The summed E-state index contributed by atoms with van der Waals surface area (Å²) in [4.78, 5) is 3.69. The summed E-state index contributed by atoms with van der Waals surface area (Å²) in [6.45, 7) is 10.0. The molecule has 0 N–H and O–H groups in total. The smallest absolute Gasteiger partial charge is 0.399 e. The Morgan fingerprint density at radius 1 is 1.21 bits per heavy atom. The molecule has 0 unspecified atom stereocenters. The Labute approximate surface area is 173 Å². The van der Waals surface area contributed by atoms with Crippen LogP contribution in [0.25, 0.3) is 0 Å². The Kier molecular flexibility index (Phi) is 6.05. The van der Waals surface area contributed by atoms with E-state index in [-0.39, 0.29) is 18.3 Å². The van der Waals surface area contributed by atoms with Crippen molar-refractivity contribution in [3.05, 3.63) is 24.3 Å². The minimum Gasteiger partial charge on any atom is -0.399 e. The molecular formula is C19H31BN2O4S2. The topological polar surface area (TPSA) is 59.1 Å². The average Bonchev–Trinajstić information content (AvgIpc) is 3.14. The van der Waals surface area contributed by atoms with E-state index in [0.717, 1.165) is 42.0 Å². The normalized spacial score (nSPS) is 23.5. The average molecular weight is 426 g/mol. The van der Waals surface area contributed by atoms with Crippen LogP contribution in [-0.4, -0.2) is 68.2 Å². The maximum Gasteiger partial charge on any atom is 0.494 e. The highest BCUT2D eigenvalue weighted by Gasteiger charge is 2.51. The molecule has 0 spiro atoms. The van der Waals surface area contributed by atoms with Crippen LogP contribution in [0.1, 0.15) is 34.1 Å². The highest BCUT2D eigenvalue weighted by molar-refractivity contribution is 7.99. The Morgan fingerprint density at radius 2 is 1.86 bits per heavy atom. The number of hydrogen-bond acceptors (Lipinski definition) is 5. The molecule has 2 fully saturated rings. The van der Waals surface area contributed by atoms with Gasteiger partial charge in [-0.1, -0.05) is 12.1 Å². The zero-order valence-corrected chi connectivity index (χ0v) is 19.3. The van der Waals surface area contributed by atoms with Gasteiger partial charge in [0.15, 0.2) is 0 Å². The first-order chi connectivity index (χ1) is 12.9. The van der Waals surface area contributed by atoms with E-state index in [1.807, 2.05) is 12.1 Å². The van der Waals surface area contributed by atoms with Crippen LogP contribution in [0.2, 0.25) is 0 Å². The van der Waals surface area contributed by atoms with Gasteiger partial charge in [0.25, 0.3) is 0 Å². The van der Waals surface area contributed by atoms with Gasteiger partial charge < -0.3 is 14.2 Å². The van der Waals surface area contributed by atoms with E-state index in [1.165, 1.54) is 15.4 Å². The van der Waals surface area contributed by atoms with Gasteiger partial charge in [0.2, 0.25) is 10.0 Å². The quantitative estimate of drug-likeness (QED) is 0.441. The van der Waals surface area contributed by atoms with Crippen molar-refractivity contribution in [2.45, 2.75) is 45.3 Å². The minimum atomic E-state index is -3.12. The van der Waals surface area contributed by atoms with Gasteiger partial charge in [-0.3, -0.25) is 0 Å². The lowest BCUT2D eigenvalue weighted by Gasteiger charge is -2.32. The van der Waals surface area contributed by atoms with Crippen LogP contribution in [0.15, 0.2) is 24.3 Å². The molecule has 3 rings (SSSR count). The van der Waals surface area contributed by atoms with E-state index >= 15 is 0 Å². The van der Waals surface area contributed by atoms with Crippen molar-refractivity contribution in [2.75, 3.05) is 37.2 Å². The number of nitrogens with zero attached hydrogens (tertiary/aromatic N) is 2. The molecule has 0 bridgehead atoms. The van der Waals surface area contributed by atoms with Crippen molar-refractivity contribution >= 4 is 44.5 Å². The summed E-state index contributed by atoms with van der Waals surface area (Å²) in [6.07, 6.45) is 2.23. The minimum absolute atomic E-state index is 0.354. The van der Waals surface area contributed by atoms with Crippen LogP contribution in [0.4, 0.5) is 5.69 Å². The fraction of sp³-hybridized carbons (Fsp3) is 0.632. The Hall–Kier alpha value is -0.865. The molecular weight excluding hydrogens is 395 g/mol. The Balaban J connectivity index is 1.69. The fourth-order valence-electron chi connectivity index (χ4n) is 3.14. The summed E-state index contributed by atoms with van der Waals surface area (Å²) in [6, 6.07) is 8.34. The van der Waals surface area contributed by atoms with Crippen LogP contribution in [0, 0.1) is 0 Å². The molecule has 2 heterocycles. The lowest BCUT2D eigenvalue weighted by molar-refractivity contribution is 0.00578. The van der Waals surface area contributed by atoms with E-state index in [0.29, 0.717) is 5.88 Å². The molecule has 2 saturated heterocycles. The SMILES string of the molecule is CN(C/[SH]=C1\CCN(c2cccc(B3OC(C)(C)C(C)(C)O3)c2)C1)S(C)(=O)=O. The number of thiol groups is 1.